The Morgan fingerprint density at radius 1 is 0.923 bits per heavy atom. The fourth-order valence-electron chi connectivity index (χ4n) is 0.641. The van der Waals surface area contributed by atoms with E-state index in [0.29, 0.717) is 11.5 Å². The second-order valence-electron chi connectivity index (χ2n) is 3.66. The molecular formula is C9H20O3S. The summed E-state index contributed by atoms with van der Waals surface area (Å²) in [6.07, 6.45) is -1.71. The molecule has 0 heterocycles. The van der Waals surface area contributed by atoms with Gasteiger partial charge in [0, 0.05) is 11.5 Å². The van der Waals surface area contributed by atoms with Crippen LogP contribution in [0.25, 0.3) is 0 Å². The number of aliphatic hydroxyl groups excluding tert-OH is 3. The molecular weight excluding hydrogens is 188 g/mol. The van der Waals surface area contributed by atoms with Crippen molar-refractivity contribution in [3.8, 4) is 0 Å². The molecule has 0 aliphatic carbocycles. The Morgan fingerprint density at radius 2 is 1.38 bits per heavy atom. The van der Waals surface area contributed by atoms with Crippen LogP contribution in [0.5, 0.6) is 0 Å². The summed E-state index contributed by atoms with van der Waals surface area (Å²) in [7, 11) is 0. The van der Waals surface area contributed by atoms with Crippen LogP contribution in [0.2, 0.25) is 0 Å². The maximum Gasteiger partial charge on any atom is 0.0886 e. The van der Waals surface area contributed by atoms with Gasteiger partial charge in [-0.15, -0.1) is 0 Å². The Morgan fingerprint density at radius 3 is 1.77 bits per heavy atom. The topological polar surface area (TPSA) is 60.7 Å². The summed E-state index contributed by atoms with van der Waals surface area (Å²) in [4.78, 5) is 0. The smallest absolute Gasteiger partial charge is 0.0886 e. The van der Waals surface area contributed by atoms with Gasteiger partial charge in [-0.1, -0.05) is 13.8 Å². The van der Waals surface area contributed by atoms with Crippen molar-refractivity contribution >= 4 is 11.8 Å². The van der Waals surface area contributed by atoms with E-state index >= 15 is 0 Å². The fourth-order valence-corrected chi connectivity index (χ4v) is 1.92. The average molecular weight is 208 g/mol. The van der Waals surface area contributed by atoms with E-state index in [-0.39, 0.29) is 12.0 Å². The van der Waals surface area contributed by atoms with Gasteiger partial charge >= 0.3 is 0 Å². The third kappa shape index (κ3) is 6.32. The van der Waals surface area contributed by atoms with Crippen LogP contribution in [0, 0.1) is 5.92 Å². The zero-order valence-electron chi connectivity index (χ0n) is 8.47. The van der Waals surface area contributed by atoms with Crippen molar-refractivity contribution in [2.45, 2.75) is 39.1 Å². The summed E-state index contributed by atoms with van der Waals surface area (Å²) in [6.45, 7) is 5.47. The normalized spacial score (nSPS) is 18.7. The minimum Gasteiger partial charge on any atom is -0.392 e. The second-order valence-corrected chi connectivity index (χ2v) is 4.73. The molecule has 0 spiro atoms. The number of rotatable bonds is 6. The average Bonchev–Trinajstić information content (AvgIpc) is 2.03. The molecule has 3 unspecified atom stereocenters. The molecule has 0 bridgehead atoms. The lowest BCUT2D eigenvalue weighted by atomic mass is 10.1. The molecule has 3 atom stereocenters. The first kappa shape index (κ1) is 13.2. The Bertz CT molecular complexity index is 114. The van der Waals surface area contributed by atoms with Crippen LogP contribution in [-0.2, 0) is 0 Å². The van der Waals surface area contributed by atoms with E-state index in [1.165, 1.54) is 11.8 Å². The van der Waals surface area contributed by atoms with Gasteiger partial charge in [-0.05, 0) is 12.8 Å². The summed E-state index contributed by atoms with van der Waals surface area (Å²) >= 11 is 1.47. The first-order valence-corrected chi connectivity index (χ1v) is 5.72. The van der Waals surface area contributed by atoms with Crippen molar-refractivity contribution in [3.05, 3.63) is 0 Å². The van der Waals surface area contributed by atoms with Crippen LogP contribution in [0.15, 0.2) is 0 Å². The van der Waals surface area contributed by atoms with E-state index in [1.807, 2.05) is 13.8 Å². The number of aliphatic hydroxyl groups is 3. The maximum absolute atomic E-state index is 9.41. The van der Waals surface area contributed by atoms with Crippen molar-refractivity contribution in [2.24, 2.45) is 5.92 Å². The second kappa shape index (κ2) is 6.65. The summed E-state index contributed by atoms with van der Waals surface area (Å²) in [5, 5.41) is 27.6. The van der Waals surface area contributed by atoms with Gasteiger partial charge in [0.2, 0.25) is 0 Å². The first-order chi connectivity index (χ1) is 5.95. The van der Waals surface area contributed by atoms with Crippen molar-refractivity contribution in [1.82, 2.24) is 0 Å². The highest BCUT2D eigenvalue weighted by Crippen LogP contribution is 2.12. The molecule has 0 aromatic carbocycles. The number of hydrogen-bond acceptors (Lipinski definition) is 4. The Labute approximate surface area is 84.2 Å². The molecule has 0 aromatic heterocycles. The van der Waals surface area contributed by atoms with Gasteiger partial charge in [0.15, 0.2) is 0 Å². The summed E-state index contributed by atoms with van der Waals surface area (Å²) in [5.41, 5.74) is 0. The van der Waals surface area contributed by atoms with E-state index < -0.39 is 12.2 Å². The standard InChI is InChI=1S/C9H20O3S/c1-6(2)8(11)4-13-5-9(12)7(3)10/h6-12H,4-5H2,1-3H3. The zero-order valence-corrected chi connectivity index (χ0v) is 9.29. The lowest BCUT2D eigenvalue weighted by Crippen LogP contribution is -2.26. The zero-order chi connectivity index (χ0) is 10.4. The van der Waals surface area contributed by atoms with E-state index in [1.54, 1.807) is 6.92 Å². The van der Waals surface area contributed by atoms with Gasteiger partial charge in [-0.2, -0.15) is 11.8 Å². The monoisotopic (exact) mass is 208 g/mol. The third-order valence-corrected chi connectivity index (χ3v) is 3.06. The molecule has 13 heavy (non-hydrogen) atoms. The molecule has 0 aromatic rings. The van der Waals surface area contributed by atoms with E-state index in [9.17, 15) is 10.2 Å². The van der Waals surface area contributed by atoms with Gasteiger partial charge in [0.25, 0.3) is 0 Å². The molecule has 0 aliphatic heterocycles. The third-order valence-electron chi connectivity index (χ3n) is 1.90. The minimum atomic E-state index is -0.691. The highest BCUT2D eigenvalue weighted by molar-refractivity contribution is 7.99. The Hall–Kier alpha value is 0.230. The SMILES string of the molecule is CC(C)C(O)CSCC(O)C(C)O. The van der Waals surface area contributed by atoms with Gasteiger partial charge in [0.1, 0.15) is 0 Å². The van der Waals surface area contributed by atoms with Crippen LogP contribution >= 0.6 is 11.8 Å². The van der Waals surface area contributed by atoms with Gasteiger partial charge in [-0.3, -0.25) is 0 Å². The van der Waals surface area contributed by atoms with Gasteiger partial charge < -0.3 is 15.3 Å². The minimum absolute atomic E-state index is 0.246. The molecule has 0 radical (unpaired) electrons. The molecule has 4 heteroatoms. The highest BCUT2D eigenvalue weighted by atomic mass is 32.2. The molecule has 0 amide bonds. The lowest BCUT2D eigenvalue weighted by molar-refractivity contribution is 0.0467. The van der Waals surface area contributed by atoms with Crippen molar-refractivity contribution < 1.29 is 15.3 Å². The molecule has 0 aliphatic rings. The van der Waals surface area contributed by atoms with Gasteiger partial charge in [0.05, 0.1) is 18.3 Å². The van der Waals surface area contributed by atoms with E-state index in [0.717, 1.165) is 0 Å². The fraction of sp³-hybridized carbons (Fsp3) is 1.00. The van der Waals surface area contributed by atoms with Crippen molar-refractivity contribution in [1.29, 1.82) is 0 Å². The van der Waals surface area contributed by atoms with Crippen LogP contribution in [0.3, 0.4) is 0 Å². The largest absolute Gasteiger partial charge is 0.392 e. The molecule has 80 valence electrons. The highest BCUT2D eigenvalue weighted by Gasteiger charge is 2.13. The van der Waals surface area contributed by atoms with Crippen LogP contribution < -0.4 is 0 Å². The van der Waals surface area contributed by atoms with Crippen molar-refractivity contribution in [3.63, 3.8) is 0 Å². The molecule has 3 N–H and O–H groups in total. The summed E-state index contributed by atoms with van der Waals surface area (Å²) < 4.78 is 0. The molecule has 0 rings (SSSR count). The summed E-state index contributed by atoms with van der Waals surface area (Å²) in [6, 6.07) is 0. The Balaban J connectivity index is 3.45. The first-order valence-electron chi connectivity index (χ1n) is 4.57. The predicted molar refractivity (Wildman–Crippen MR) is 55.9 cm³/mol. The van der Waals surface area contributed by atoms with E-state index in [4.69, 9.17) is 5.11 Å². The van der Waals surface area contributed by atoms with E-state index in [2.05, 4.69) is 0 Å². The maximum atomic E-state index is 9.41. The molecule has 0 fully saturated rings. The molecule has 0 saturated heterocycles. The van der Waals surface area contributed by atoms with Crippen LogP contribution in [0.4, 0.5) is 0 Å². The van der Waals surface area contributed by atoms with Crippen LogP contribution in [-0.4, -0.2) is 45.1 Å². The number of hydrogen-bond donors (Lipinski definition) is 3. The lowest BCUT2D eigenvalue weighted by Gasteiger charge is -2.16. The summed E-state index contributed by atoms with van der Waals surface area (Å²) in [5.74, 6) is 1.33. The number of thioether (sulfide) groups is 1. The molecule has 0 saturated carbocycles. The van der Waals surface area contributed by atoms with Crippen molar-refractivity contribution in [2.75, 3.05) is 11.5 Å². The molecule has 3 nitrogen and oxygen atoms in total. The predicted octanol–water partition coefficient (Wildman–Crippen LogP) is 0.478. The van der Waals surface area contributed by atoms with Gasteiger partial charge in [-0.25, -0.2) is 0 Å². The quantitative estimate of drug-likeness (QED) is 0.594. The van der Waals surface area contributed by atoms with Crippen LogP contribution in [0.1, 0.15) is 20.8 Å². The Kier molecular flexibility index (Phi) is 6.77.